The SMILES string of the molecule is CCc1cc(OC)c(O)c(CC(C)O)c1Br. The van der Waals surface area contributed by atoms with Crippen LogP contribution in [0.1, 0.15) is 25.0 Å². The van der Waals surface area contributed by atoms with Crippen LogP contribution in [0.2, 0.25) is 0 Å². The first kappa shape index (κ1) is 13.3. The van der Waals surface area contributed by atoms with Crippen molar-refractivity contribution in [3.05, 3.63) is 21.7 Å². The molecule has 90 valence electrons. The molecule has 0 aliphatic carbocycles. The zero-order valence-electron chi connectivity index (χ0n) is 9.75. The largest absolute Gasteiger partial charge is 0.504 e. The van der Waals surface area contributed by atoms with E-state index in [1.54, 1.807) is 6.92 Å². The molecule has 16 heavy (non-hydrogen) atoms. The molecular formula is C12H17BrO3. The van der Waals surface area contributed by atoms with Crippen LogP contribution in [0.25, 0.3) is 0 Å². The maximum Gasteiger partial charge on any atom is 0.162 e. The van der Waals surface area contributed by atoms with Gasteiger partial charge in [-0.15, -0.1) is 0 Å². The second-order valence-corrected chi connectivity index (χ2v) is 4.58. The smallest absolute Gasteiger partial charge is 0.162 e. The lowest BCUT2D eigenvalue weighted by Gasteiger charge is -2.15. The number of halogens is 1. The highest BCUT2D eigenvalue weighted by molar-refractivity contribution is 9.10. The fraction of sp³-hybridized carbons (Fsp3) is 0.500. The predicted molar refractivity (Wildman–Crippen MR) is 67.1 cm³/mol. The molecule has 1 atom stereocenters. The maximum absolute atomic E-state index is 9.97. The Kier molecular flexibility index (Phi) is 4.62. The Morgan fingerprint density at radius 1 is 1.50 bits per heavy atom. The number of phenolic OH excluding ortho intramolecular Hbond substituents is 1. The molecule has 0 amide bonds. The van der Waals surface area contributed by atoms with E-state index in [1.165, 1.54) is 7.11 Å². The summed E-state index contributed by atoms with van der Waals surface area (Å²) in [6.07, 6.45) is 0.736. The average molecular weight is 289 g/mol. The molecular weight excluding hydrogens is 272 g/mol. The van der Waals surface area contributed by atoms with Crippen LogP contribution in [0.5, 0.6) is 11.5 Å². The zero-order chi connectivity index (χ0) is 12.3. The van der Waals surface area contributed by atoms with Crippen LogP contribution in [-0.2, 0) is 12.8 Å². The van der Waals surface area contributed by atoms with Crippen molar-refractivity contribution >= 4 is 15.9 Å². The molecule has 0 aromatic heterocycles. The van der Waals surface area contributed by atoms with Crippen LogP contribution in [-0.4, -0.2) is 23.4 Å². The van der Waals surface area contributed by atoms with Crippen LogP contribution in [0, 0.1) is 0 Å². The Balaban J connectivity index is 3.31. The van der Waals surface area contributed by atoms with Crippen molar-refractivity contribution in [2.45, 2.75) is 32.8 Å². The minimum absolute atomic E-state index is 0.104. The lowest BCUT2D eigenvalue weighted by atomic mass is 10.0. The van der Waals surface area contributed by atoms with Gasteiger partial charge in [0.25, 0.3) is 0 Å². The molecule has 1 aromatic rings. The summed E-state index contributed by atoms with van der Waals surface area (Å²) < 4.78 is 5.97. The minimum atomic E-state index is -0.501. The van der Waals surface area contributed by atoms with Gasteiger partial charge in [-0.05, 0) is 25.0 Å². The fourth-order valence-corrected chi connectivity index (χ4v) is 2.38. The molecule has 0 aliphatic heterocycles. The van der Waals surface area contributed by atoms with Crippen molar-refractivity contribution in [2.24, 2.45) is 0 Å². The molecule has 0 aliphatic rings. The number of rotatable bonds is 4. The number of aryl methyl sites for hydroxylation is 1. The summed E-state index contributed by atoms with van der Waals surface area (Å²) >= 11 is 3.46. The van der Waals surface area contributed by atoms with Gasteiger partial charge >= 0.3 is 0 Å². The number of phenols is 1. The lowest BCUT2D eigenvalue weighted by Crippen LogP contribution is -2.06. The summed E-state index contributed by atoms with van der Waals surface area (Å²) in [5.74, 6) is 0.558. The van der Waals surface area contributed by atoms with E-state index in [0.29, 0.717) is 17.7 Å². The highest BCUT2D eigenvalue weighted by Crippen LogP contribution is 2.38. The van der Waals surface area contributed by atoms with Crippen molar-refractivity contribution in [1.82, 2.24) is 0 Å². The summed E-state index contributed by atoms with van der Waals surface area (Å²) in [5.41, 5.74) is 1.76. The molecule has 1 unspecified atom stereocenters. The van der Waals surface area contributed by atoms with Crippen LogP contribution < -0.4 is 4.74 Å². The highest BCUT2D eigenvalue weighted by atomic mass is 79.9. The normalized spacial score (nSPS) is 12.6. The number of hydrogen-bond acceptors (Lipinski definition) is 3. The number of aliphatic hydroxyl groups excluding tert-OH is 1. The highest BCUT2D eigenvalue weighted by Gasteiger charge is 2.17. The van der Waals surface area contributed by atoms with Gasteiger partial charge in [0, 0.05) is 16.5 Å². The average Bonchev–Trinajstić information content (AvgIpc) is 2.24. The Morgan fingerprint density at radius 3 is 2.56 bits per heavy atom. The molecule has 0 heterocycles. The van der Waals surface area contributed by atoms with E-state index in [-0.39, 0.29) is 5.75 Å². The first-order chi connectivity index (χ1) is 7.51. The topological polar surface area (TPSA) is 49.7 Å². The van der Waals surface area contributed by atoms with Crippen LogP contribution >= 0.6 is 15.9 Å². The number of hydrogen-bond donors (Lipinski definition) is 2. The molecule has 3 nitrogen and oxygen atoms in total. The summed E-state index contributed by atoms with van der Waals surface area (Å²) in [6.45, 7) is 3.72. The monoisotopic (exact) mass is 288 g/mol. The second-order valence-electron chi connectivity index (χ2n) is 3.79. The Morgan fingerprint density at radius 2 is 2.12 bits per heavy atom. The second kappa shape index (κ2) is 5.55. The van der Waals surface area contributed by atoms with Gasteiger partial charge in [0.1, 0.15) is 0 Å². The summed E-state index contributed by atoms with van der Waals surface area (Å²) in [5, 5.41) is 19.4. The molecule has 1 aromatic carbocycles. The molecule has 0 saturated carbocycles. The summed E-state index contributed by atoms with van der Waals surface area (Å²) in [4.78, 5) is 0. The third-order valence-electron chi connectivity index (χ3n) is 2.47. The van der Waals surface area contributed by atoms with Gasteiger partial charge in [-0.2, -0.15) is 0 Å². The van der Waals surface area contributed by atoms with Gasteiger partial charge in [-0.25, -0.2) is 0 Å². The van der Waals surface area contributed by atoms with Gasteiger partial charge in [0.2, 0.25) is 0 Å². The number of aromatic hydroxyl groups is 1. The Bertz CT molecular complexity index is 347. The quantitative estimate of drug-likeness (QED) is 0.896. The van der Waals surface area contributed by atoms with E-state index in [4.69, 9.17) is 4.74 Å². The van der Waals surface area contributed by atoms with Crippen molar-refractivity contribution in [1.29, 1.82) is 0 Å². The van der Waals surface area contributed by atoms with E-state index in [1.807, 2.05) is 13.0 Å². The van der Waals surface area contributed by atoms with Crippen molar-refractivity contribution < 1.29 is 14.9 Å². The van der Waals surface area contributed by atoms with Crippen molar-refractivity contribution in [3.8, 4) is 11.5 Å². The number of ether oxygens (including phenoxy) is 1. The number of benzene rings is 1. The standard InChI is InChI=1S/C12H17BrO3/c1-4-8-6-10(16-3)12(15)9(11(8)13)5-7(2)14/h6-7,14-15H,4-5H2,1-3H3. The number of methoxy groups -OCH3 is 1. The molecule has 0 bridgehead atoms. The molecule has 1 rings (SSSR count). The van der Waals surface area contributed by atoms with Gasteiger partial charge in [0.15, 0.2) is 11.5 Å². The number of aliphatic hydroxyl groups is 1. The minimum Gasteiger partial charge on any atom is -0.504 e. The van der Waals surface area contributed by atoms with Gasteiger partial charge in [-0.1, -0.05) is 22.9 Å². The molecule has 4 heteroatoms. The Hall–Kier alpha value is -0.740. The van der Waals surface area contributed by atoms with E-state index in [9.17, 15) is 10.2 Å². The van der Waals surface area contributed by atoms with E-state index in [0.717, 1.165) is 16.5 Å². The summed E-state index contributed by atoms with van der Waals surface area (Å²) in [7, 11) is 1.52. The third kappa shape index (κ3) is 2.68. The van der Waals surface area contributed by atoms with Crippen molar-refractivity contribution in [3.63, 3.8) is 0 Å². The fourth-order valence-electron chi connectivity index (χ4n) is 1.63. The van der Waals surface area contributed by atoms with E-state index < -0.39 is 6.10 Å². The van der Waals surface area contributed by atoms with E-state index in [2.05, 4.69) is 15.9 Å². The van der Waals surface area contributed by atoms with Crippen LogP contribution in [0.4, 0.5) is 0 Å². The van der Waals surface area contributed by atoms with Crippen LogP contribution in [0.3, 0.4) is 0 Å². The first-order valence-corrected chi connectivity index (χ1v) is 6.05. The maximum atomic E-state index is 9.97. The van der Waals surface area contributed by atoms with Gasteiger partial charge in [0.05, 0.1) is 13.2 Å². The predicted octanol–water partition coefficient (Wildman–Crippen LogP) is 2.65. The van der Waals surface area contributed by atoms with Gasteiger partial charge < -0.3 is 14.9 Å². The summed E-state index contributed by atoms with van der Waals surface area (Å²) in [6, 6.07) is 1.81. The zero-order valence-corrected chi connectivity index (χ0v) is 11.3. The third-order valence-corrected chi connectivity index (χ3v) is 3.46. The van der Waals surface area contributed by atoms with E-state index >= 15 is 0 Å². The van der Waals surface area contributed by atoms with Crippen molar-refractivity contribution in [2.75, 3.05) is 7.11 Å². The van der Waals surface area contributed by atoms with Gasteiger partial charge in [-0.3, -0.25) is 0 Å². The lowest BCUT2D eigenvalue weighted by molar-refractivity contribution is 0.193. The molecule has 2 N–H and O–H groups in total. The molecule has 0 fully saturated rings. The first-order valence-electron chi connectivity index (χ1n) is 5.26. The molecule has 0 spiro atoms. The molecule has 0 radical (unpaired) electrons. The Labute approximate surface area is 104 Å². The van der Waals surface area contributed by atoms with Crippen LogP contribution in [0.15, 0.2) is 10.5 Å². The molecule has 0 saturated heterocycles.